The van der Waals surface area contributed by atoms with Gasteiger partial charge in [-0.05, 0) is 61.6 Å². The summed E-state index contributed by atoms with van der Waals surface area (Å²) < 4.78 is 0. The zero-order chi connectivity index (χ0) is 21.2. The molecule has 1 aliphatic carbocycles. The molecule has 1 aromatic carbocycles. The van der Waals surface area contributed by atoms with Crippen molar-refractivity contribution in [3.63, 3.8) is 0 Å². The van der Waals surface area contributed by atoms with E-state index in [1.54, 1.807) is 19.9 Å². The topological polar surface area (TPSA) is 94.8 Å². The quantitative estimate of drug-likeness (QED) is 0.504. The van der Waals surface area contributed by atoms with Crippen LogP contribution >= 0.6 is 0 Å². The third kappa shape index (κ3) is 4.14. The first-order chi connectivity index (χ1) is 13.0. The molecular weight excluding hydrogens is 356 g/mol. The van der Waals surface area contributed by atoms with Gasteiger partial charge < -0.3 is 15.3 Å². The summed E-state index contributed by atoms with van der Waals surface area (Å²) in [5.41, 5.74) is 1.37. The monoisotopic (exact) mass is 388 g/mol. The molecule has 0 spiro atoms. The first-order valence-corrected chi connectivity index (χ1v) is 9.89. The van der Waals surface area contributed by atoms with E-state index in [4.69, 9.17) is 0 Å². The number of hydrogen-bond donors (Lipinski definition) is 3. The first kappa shape index (κ1) is 22.2. The van der Waals surface area contributed by atoms with E-state index >= 15 is 0 Å². The second-order valence-electron chi connectivity index (χ2n) is 8.58. The van der Waals surface area contributed by atoms with E-state index < -0.39 is 6.10 Å². The lowest BCUT2D eigenvalue weighted by Gasteiger charge is -2.45. The SMILES string of the molecule is CC(=CCc1c(O)cc(C)c(C=O)c1O)[C@H](O)C[C@]1(C)[C@H](C)CCC(=O)[C@@H]1C. The van der Waals surface area contributed by atoms with Crippen LogP contribution in [0.25, 0.3) is 0 Å². The molecule has 0 bridgehead atoms. The van der Waals surface area contributed by atoms with Crippen molar-refractivity contribution in [2.45, 2.75) is 66.4 Å². The minimum atomic E-state index is -0.721. The van der Waals surface area contributed by atoms with E-state index in [0.717, 1.165) is 6.42 Å². The molecule has 1 aromatic rings. The molecular formula is C23H32O5. The van der Waals surface area contributed by atoms with Gasteiger partial charge in [0.25, 0.3) is 0 Å². The fourth-order valence-corrected chi connectivity index (χ4v) is 4.24. The number of phenols is 2. The molecule has 2 rings (SSSR count). The highest BCUT2D eigenvalue weighted by Crippen LogP contribution is 2.47. The number of aliphatic hydroxyl groups excluding tert-OH is 1. The lowest BCUT2D eigenvalue weighted by molar-refractivity contribution is -0.133. The summed E-state index contributed by atoms with van der Waals surface area (Å²) in [7, 11) is 0. The minimum absolute atomic E-state index is 0.0776. The number of Topliss-reactive ketones (excluding diaryl/α,β-unsaturated/α-hetero) is 1. The standard InChI is InChI=1S/C23H32O5/c1-13(6-8-17-20(26)10-14(2)18(12-24)22(17)28)21(27)11-23(5)15(3)7-9-19(25)16(23)4/h6,10,12,15-16,21,26-28H,7-9,11H2,1-5H3/t15-,16+,21-,23-/m1/s1. The molecule has 1 saturated carbocycles. The van der Waals surface area contributed by atoms with Crippen molar-refractivity contribution in [2.75, 3.05) is 0 Å². The van der Waals surface area contributed by atoms with Crippen LogP contribution in [0.1, 0.15) is 68.4 Å². The van der Waals surface area contributed by atoms with Gasteiger partial charge in [0.1, 0.15) is 17.3 Å². The molecule has 0 heterocycles. The van der Waals surface area contributed by atoms with Gasteiger partial charge in [-0.15, -0.1) is 0 Å². The highest BCUT2D eigenvalue weighted by atomic mass is 16.3. The molecule has 0 aromatic heterocycles. The van der Waals surface area contributed by atoms with Crippen LogP contribution in [-0.2, 0) is 11.2 Å². The third-order valence-corrected chi connectivity index (χ3v) is 6.95. The maximum atomic E-state index is 12.2. The van der Waals surface area contributed by atoms with Gasteiger partial charge in [-0.3, -0.25) is 9.59 Å². The highest BCUT2D eigenvalue weighted by Gasteiger charge is 2.44. The molecule has 154 valence electrons. The second kappa shape index (κ2) is 8.48. The van der Waals surface area contributed by atoms with Crippen LogP contribution in [0.2, 0.25) is 0 Å². The first-order valence-electron chi connectivity index (χ1n) is 9.89. The average Bonchev–Trinajstić information content (AvgIpc) is 2.63. The Morgan fingerprint density at radius 1 is 1.36 bits per heavy atom. The van der Waals surface area contributed by atoms with Crippen molar-refractivity contribution in [1.82, 2.24) is 0 Å². The van der Waals surface area contributed by atoms with Crippen molar-refractivity contribution < 1.29 is 24.9 Å². The Balaban J connectivity index is 2.20. The van der Waals surface area contributed by atoms with Crippen LogP contribution in [0.3, 0.4) is 0 Å². The summed E-state index contributed by atoms with van der Waals surface area (Å²) in [5.74, 6) is 0.191. The van der Waals surface area contributed by atoms with Gasteiger partial charge in [0.15, 0.2) is 6.29 Å². The molecule has 5 nitrogen and oxygen atoms in total. The molecule has 1 aliphatic rings. The van der Waals surface area contributed by atoms with Gasteiger partial charge >= 0.3 is 0 Å². The van der Waals surface area contributed by atoms with Crippen LogP contribution in [0.15, 0.2) is 17.7 Å². The number of aldehydes is 1. The summed E-state index contributed by atoms with van der Waals surface area (Å²) in [5, 5.41) is 31.2. The second-order valence-corrected chi connectivity index (χ2v) is 8.58. The van der Waals surface area contributed by atoms with Gasteiger partial charge in [-0.25, -0.2) is 0 Å². The van der Waals surface area contributed by atoms with Crippen molar-refractivity contribution >= 4 is 12.1 Å². The van der Waals surface area contributed by atoms with Crippen molar-refractivity contribution in [2.24, 2.45) is 17.3 Å². The molecule has 28 heavy (non-hydrogen) atoms. The molecule has 3 N–H and O–H groups in total. The van der Waals surface area contributed by atoms with Gasteiger partial charge in [-0.1, -0.05) is 26.8 Å². The highest BCUT2D eigenvalue weighted by molar-refractivity contribution is 5.83. The zero-order valence-corrected chi connectivity index (χ0v) is 17.5. The zero-order valence-electron chi connectivity index (χ0n) is 17.5. The van der Waals surface area contributed by atoms with E-state index in [2.05, 4.69) is 13.8 Å². The van der Waals surface area contributed by atoms with Crippen LogP contribution in [0.5, 0.6) is 11.5 Å². The number of ketones is 1. The smallest absolute Gasteiger partial charge is 0.154 e. The predicted octanol–water partition coefficient (Wildman–Crippen LogP) is 4.10. The largest absolute Gasteiger partial charge is 0.508 e. The lowest BCUT2D eigenvalue weighted by Crippen LogP contribution is -2.43. The Morgan fingerprint density at radius 3 is 2.61 bits per heavy atom. The number of carbonyl (C=O) groups excluding carboxylic acids is 2. The van der Waals surface area contributed by atoms with Gasteiger partial charge in [0, 0.05) is 17.9 Å². The summed E-state index contributed by atoms with van der Waals surface area (Å²) in [6.45, 7) is 9.61. The number of rotatable bonds is 6. The lowest BCUT2D eigenvalue weighted by atomic mass is 9.59. The Hall–Kier alpha value is -2.14. The number of allylic oxidation sites excluding steroid dienone is 1. The normalized spacial score (nSPS) is 26.9. The molecule has 0 amide bonds. The Labute approximate surface area is 167 Å². The number of benzene rings is 1. The number of aliphatic hydroxyl groups is 1. The van der Waals surface area contributed by atoms with Crippen LogP contribution < -0.4 is 0 Å². The maximum absolute atomic E-state index is 12.2. The molecule has 0 saturated heterocycles. The van der Waals surface area contributed by atoms with Crippen LogP contribution in [0.4, 0.5) is 0 Å². The van der Waals surface area contributed by atoms with E-state index in [-0.39, 0.29) is 46.2 Å². The van der Waals surface area contributed by atoms with E-state index in [1.807, 2.05) is 6.92 Å². The Bertz CT molecular complexity index is 795. The van der Waals surface area contributed by atoms with E-state index in [9.17, 15) is 24.9 Å². The van der Waals surface area contributed by atoms with Crippen LogP contribution in [-0.4, -0.2) is 33.5 Å². The summed E-state index contributed by atoms with van der Waals surface area (Å²) in [6, 6.07) is 1.45. The van der Waals surface area contributed by atoms with E-state index in [1.165, 1.54) is 6.07 Å². The third-order valence-electron chi connectivity index (χ3n) is 6.95. The number of aromatic hydroxyl groups is 2. The Morgan fingerprint density at radius 2 is 2.00 bits per heavy atom. The summed E-state index contributed by atoms with van der Waals surface area (Å²) in [6.07, 6.45) is 3.73. The number of phenolic OH excluding ortho intramolecular Hbond substituents is 2. The predicted molar refractivity (Wildman–Crippen MR) is 109 cm³/mol. The molecule has 5 heteroatoms. The molecule has 4 atom stereocenters. The number of aryl methyl sites for hydroxylation is 1. The molecule has 0 unspecified atom stereocenters. The summed E-state index contributed by atoms with van der Waals surface area (Å²) >= 11 is 0. The van der Waals surface area contributed by atoms with Crippen molar-refractivity contribution in [3.8, 4) is 11.5 Å². The minimum Gasteiger partial charge on any atom is -0.508 e. The number of carbonyl (C=O) groups is 2. The molecule has 1 fully saturated rings. The Kier molecular flexibility index (Phi) is 6.71. The maximum Gasteiger partial charge on any atom is 0.154 e. The summed E-state index contributed by atoms with van der Waals surface area (Å²) in [4.78, 5) is 23.4. The van der Waals surface area contributed by atoms with Crippen molar-refractivity contribution in [1.29, 1.82) is 0 Å². The van der Waals surface area contributed by atoms with Gasteiger partial charge in [0.2, 0.25) is 0 Å². The van der Waals surface area contributed by atoms with Gasteiger partial charge in [0.05, 0.1) is 11.7 Å². The van der Waals surface area contributed by atoms with Gasteiger partial charge in [-0.2, -0.15) is 0 Å². The van der Waals surface area contributed by atoms with E-state index in [0.29, 0.717) is 36.2 Å². The fraction of sp³-hybridized carbons (Fsp3) is 0.565. The fourth-order valence-electron chi connectivity index (χ4n) is 4.24. The van der Waals surface area contributed by atoms with Crippen molar-refractivity contribution in [3.05, 3.63) is 34.4 Å². The molecule has 0 aliphatic heterocycles. The number of hydrogen-bond acceptors (Lipinski definition) is 5. The molecule has 0 radical (unpaired) electrons. The average molecular weight is 389 g/mol. The van der Waals surface area contributed by atoms with Crippen LogP contribution in [0, 0.1) is 24.2 Å².